The summed E-state index contributed by atoms with van der Waals surface area (Å²) in [5, 5.41) is 10.4. The van der Waals surface area contributed by atoms with Crippen LogP contribution in [0, 0.1) is 0 Å². The molecule has 8 nitrogen and oxygen atoms in total. The molecule has 2 heterocycles. The second-order valence-electron chi connectivity index (χ2n) is 7.01. The maximum absolute atomic E-state index is 12.2. The summed E-state index contributed by atoms with van der Waals surface area (Å²) in [7, 11) is -3.73. The van der Waals surface area contributed by atoms with Crippen molar-refractivity contribution in [1.82, 2.24) is 9.88 Å². The van der Waals surface area contributed by atoms with Crippen LogP contribution in [-0.2, 0) is 32.5 Å². The Morgan fingerprint density at radius 2 is 1.93 bits per heavy atom. The number of thiazole rings is 1. The number of ether oxygens (including phenoxy) is 1. The standard InChI is InChI=1S/C18H24N4O4S2/c1-12-8-22(9-13(2)26-12)10-15-11-27-18(20-15)21-17(23)7-14-3-5-16(6-4-14)28(19,24)25/h3-6,11-13H,7-10H2,1-2H3,(H2,19,24,25)(H,20,21,23). The van der Waals surface area contributed by atoms with Gasteiger partial charge in [0.15, 0.2) is 5.13 Å². The number of amides is 1. The minimum Gasteiger partial charge on any atom is -0.373 e. The number of nitrogens with two attached hydrogens (primary N) is 1. The quantitative estimate of drug-likeness (QED) is 0.728. The van der Waals surface area contributed by atoms with Crippen molar-refractivity contribution in [3.8, 4) is 0 Å². The predicted octanol–water partition coefficient (Wildman–Crippen LogP) is 1.58. The number of rotatable bonds is 6. The monoisotopic (exact) mass is 424 g/mol. The van der Waals surface area contributed by atoms with Crippen LogP contribution in [0.2, 0.25) is 0 Å². The van der Waals surface area contributed by atoms with E-state index in [0.717, 1.165) is 25.3 Å². The molecule has 0 aliphatic carbocycles. The third kappa shape index (κ3) is 5.82. The van der Waals surface area contributed by atoms with Crippen LogP contribution in [0.1, 0.15) is 25.1 Å². The Morgan fingerprint density at radius 1 is 1.29 bits per heavy atom. The number of morpholine rings is 1. The van der Waals surface area contributed by atoms with Crippen molar-refractivity contribution < 1.29 is 17.9 Å². The average molecular weight is 425 g/mol. The van der Waals surface area contributed by atoms with Crippen molar-refractivity contribution >= 4 is 32.4 Å². The fraction of sp³-hybridized carbons (Fsp3) is 0.444. The first-order chi connectivity index (χ1) is 13.2. The highest BCUT2D eigenvalue weighted by atomic mass is 32.2. The highest BCUT2D eigenvalue weighted by molar-refractivity contribution is 7.89. The lowest BCUT2D eigenvalue weighted by Gasteiger charge is -2.34. The number of primary sulfonamides is 1. The summed E-state index contributed by atoms with van der Waals surface area (Å²) in [6, 6.07) is 5.94. The number of anilines is 1. The Labute approximate surface area is 168 Å². The molecule has 3 rings (SSSR count). The van der Waals surface area contributed by atoms with E-state index in [1.807, 2.05) is 5.38 Å². The number of hydrogen-bond donors (Lipinski definition) is 2. The van der Waals surface area contributed by atoms with E-state index in [4.69, 9.17) is 9.88 Å². The van der Waals surface area contributed by atoms with E-state index in [1.165, 1.54) is 23.5 Å². The third-order valence-corrected chi connectivity index (χ3v) is 6.03. The lowest BCUT2D eigenvalue weighted by molar-refractivity contribution is -0.115. The van der Waals surface area contributed by atoms with Crippen molar-refractivity contribution in [1.29, 1.82) is 0 Å². The van der Waals surface area contributed by atoms with Crippen LogP contribution in [0.3, 0.4) is 0 Å². The van der Waals surface area contributed by atoms with Gasteiger partial charge in [-0.05, 0) is 31.5 Å². The largest absolute Gasteiger partial charge is 0.373 e. The summed E-state index contributed by atoms with van der Waals surface area (Å²) < 4.78 is 28.3. The Balaban J connectivity index is 1.54. The van der Waals surface area contributed by atoms with Gasteiger partial charge in [-0.1, -0.05) is 12.1 Å². The molecule has 0 radical (unpaired) electrons. The van der Waals surface area contributed by atoms with Crippen molar-refractivity contribution in [2.75, 3.05) is 18.4 Å². The van der Waals surface area contributed by atoms with Crippen LogP contribution in [0.25, 0.3) is 0 Å². The summed E-state index contributed by atoms with van der Waals surface area (Å²) in [6.07, 6.45) is 0.516. The van der Waals surface area contributed by atoms with Gasteiger partial charge in [0.1, 0.15) is 0 Å². The SMILES string of the molecule is CC1CN(Cc2csc(NC(=O)Cc3ccc(S(N)(=O)=O)cc3)n2)CC(C)O1. The number of carbonyl (C=O) groups excluding carboxylic acids is 1. The molecule has 2 aromatic rings. The molecule has 2 atom stereocenters. The molecule has 1 amide bonds. The molecule has 1 aliphatic rings. The molecular formula is C18H24N4O4S2. The number of nitrogens with one attached hydrogen (secondary N) is 1. The molecule has 0 saturated carbocycles. The van der Waals surface area contributed by atoms with Crippen LogP contribution in [0.5, 0.6) is 0 Å². The van der Waals surface area contributed by atoms with Crippen LogP contribution < -0.4 is 10.5 Å². The van der Waals surface area contributed by atoms with E-state index in [0.29, 0.717) is 10.7 Å². The van der Waals surface area contributed by atoms with Crippen LogP contribution in [0.15, 0.2) is 34.5 Å². The average Bonchev–Trinajstić information content (AvgIpc) is 3.00. The van der Waals surface area contributed by atoms with Crippen molar-refractivity contribution in [3.05, 3.63) is 40.9 Å². The number of sulfonamides is 1. The van der Waals surface area contributed by atoms with E-state index in [1.54, 1.807) is 12.1 Å². The van der Waals surface area contributed by atoms with Crippen molar-refractivity contribution in [3.63, 3.8) is 0 Å². The molecule has 0 spiro atoms. The number of benzene rings is 1. The molecule has 1 saturated heterocycles. The van der Waals surface area contributed by atoms with Gasteiger partial charge >= 0.3 is 0 Å². The fourth-order valence-electron chi connectivity index (χ4n) is 3.23. The third-order valence-electron chi connectivity index (χ3n) is 4.30. The molecule has 2 unspecified atom stereocenters. The minimum absolute atomic E-state index is 0.0213. The van der Waals surface area contributed by atoms with E-state index in [2.05, 4.69) is 29.0 Å². The first-order valence-corrected chi connectivity index (χ1v) is 11.4. The van der Waals surface area contributed by atoms with E-state index < -0.39 is 10.0 Å². The molecule has 1 aromatic carbocycles. The maximum atomic E-state index is 12.2. The van der Waals surface area contributed by atoms with Gasteiger partial charge in [0, 0.05) is 25.0 Å². The molecule has 1 aliphatic heterocycles. The Kier molecular flexibility index (Phi) is 6.46. The van der Waals surface area contributed by atoms with Gasteiger partial charge in [-0.25, -0.2) is 18.5 Å². The maximum Gasteiger partial charge on any atom is 0.238 e. The Morgan fingerprint density at radius 3 is 2.54 bits per heavy atom. The Bertz CT molecular complexity index is 917. The van der Waals surface area contributed by atoms with Crippen LogP contribution in [0.4, 0.5) is 5.13 Å². The van der Waals surface area contributed by atoms with Gasteiger partial charge < -0.3 is 10.1 Å². The van der Waals surface area contributed by atoms with Gasteiger partial charge in [0.2, 0.25) is 15.9 Å². The van der Waals surface area contributed by atoms with Gasteiger partial charge in [0.25, 0.3) is 0 Å². The minimum atomic E-state index is -3.73. The molecule has 28 heavy (non-hydrogen) atoms. The topological polar surface area (TPSA) is 115 Å². The molecule has 10 heteroatoms. The first kappa shape index (κ1) is 20.9. The van der Waals surface area contributed by atoms with Crippen LogP contribution in [-0.4, -0.2) is 49.5 Å². The van der Waals surface area contributed by atoms with Crippen molar-refractivity contribution in [2.45, 2.75) is 43.9 Å². The summed E-state index contributed by atoms with van der Waals surface area (Å²) in [6.45, 7) is 6.56. The fourth-order valence-corrected chi connectivity index (χ4v) is 4.46. The van der Waals surface area contributed by atoms with E-state index in [9.17, 15) is 13.2 Å². The summed E-state index contributed by atoms with van der Waals surface area (Å²) in [4.78, 5) is 19.0. The predicted molar refractivity (Wildman–Crippen MR) is 108 cm³/mol. The zero-order valence-electron chi connectivity index (χ0n) is 15.8. The molecule has 152 valence electrons. The smallest absolute Gasteiger partial charge is 0.238 e. The zero-order valence-corrected chi connectivity index (χ0v) is 17.4. The van der Waals surface area contributed by atoms with Gasteiger partial charge in [-0.2, -0.15) is 0 Å². The summed E-state index contributed by atoms with van der Waals surface area (Å²) in [5.74, 6) is -0.210. The molecule has 1 aromatic heterocycles. The number of aromatic nitrogens is 1. The first-order valence-electron chi connectivity index (χ1n) is 8.93. The van der Waals surface area contributed by atoms with Gasteiger partial charge in [-0.15, -0.1) is 11.3 Å². The Hall–Kier alpha value is -1.85. The lowest BCUT2D eigenvalue weighted by atomic mass is 10.1. The van der Waals surface area contributed by atoms with E-state index >= 15 is 0 Å². The van der Waals surface area contributed by atoms with E-state index in [-0.39, 0.29) is 29.4 Å². The number of carbonyl (C=O) groups is 1. The second-order valence-corrected chi connectivity index (χ2v) is 9.43. The molecule has 3 N–H and O–H groups in total. The molecule has 1 fully saturated rings. The van der Waals surface area contributed by atoms with Gasteiger partial charge in [-0.3, -0.25) is 9.69 Å². The normalized spacial score (nSPS) is 20.8. The zero-order chi connectivity index (χ0) is 20.3. The summed E-state index contributed by atoms with van der Waals surface area (Å²) in [5.41, 5.74) is 1.61. The number of nitrogens with zero attached hydrogens (tertiary/aromatic N) is 2. The number of hydrogen-bond acceptors (Lipinski definition) is 7. The van der Waals surface area contributed by atoms with Crippen LogP contribution >= 0.6 is 11.3 Å². The van der Waals surface area contributed by atoms with Crippen molar-refractivity contribution in [2.24, 2.45) is 5.14 Å². The van der Waals surface area contributed by atoms with Gasteiger partial charge in [0.05, 0.1) is 29.2 Å². The molecule has 0 bridgehead atoms. The lowest BCUT2D eigenvalue weighted by Crippen LogP contribution is -2.44. The highest BCUT2D eigenvalue weighted by Crippen LogP contribution is 2.19. The summed E-state index contributed by atoms with van der Waals surface area (Å²) >= 11 is 1.39. The second kappa shape index (κ2) is 8.66. The highest BCUT2D eigenvalue weighted by Gasteiger charge is 2.22. The molecular weight excluding hydrogens is 400 g/mol.